The minimum absolute atomic E-state index is 0.108. The molecule has 0 saturated heterocycles. The molecular formula is C17H15F2N3O3S. The van der Waals surface area contributed by atoms with Crippen molar-refractivity contribution in [2.45, 2.75) is 4.90 Å². The number of thioether (sulfide) groups is 1. The van der Waals surface area contributed by atoms with Crippen LogP contribution in [0.2, 0.25) is 0 Å². The van der Waals surface area contributed by atoms with Gasteiger partial charge in [0.2, 0.25) is 5.91 Å². The fourth-order valence-corrected chi connectivity index (χ4v) is 2.57. The number of halogens is 2. The molecule has 2 aromatic carbocycles. The van der Waals surface area contributed by atoms with E-state index in [0.717, 1.165) is 17.8 Å². The summed E-state index contributed by atoms with van der Waals surface area (Å²) in [6.07, 6.45) is 0. The Labute approximate surface area is 152 Å². The largest absolute Gasteiger partial charge is 0.343 e. The number of rotatable bonds is 6. The molecule has 0 fully saturated rings. The lowest BCUT2D eigenvalue weighted by Crippen LogP contribution is -2.47. The number of hydrogen-bond donors (Lipinski definition) is 3. The van der Waals surface area contributed by atoms with Gasteiger partial charge in [0.05, 0.1) is 17.9 Å². The summed E-state index contributed by atoms with van der Waals surface area (Å²) in [7, 11) is 0. The molecule has 2 rings (SSSR count). The van der Waals surface area contributed by atoms with Gasteiger partial charge in [-0.25, -0.2) is 8.78 Å². The van der Waals surface area contributed by atoms with Gasteiger partial charge in [-0.05, 0) is 24.3 Å². The van der Waals surface area contributed by atoms with E-state index in [1.165, 1.54) is 36.4 Å². The summed E-state index contributed by atoms with van der Waals surface area (Å²) in [5.41, 5.74) is 4.05. The molecule has 0 heterocycles. The van der Waals surface area contributed by atoms with Gasteiger partial charge in [0.25, 0.3) is 11.8 Å². The molecule has 0 aliphatic rings. The Morgan fingerprint density at radius 1 is 0.846 bits per heavy atom. The van der Waals surface area contributed by atoms with Crippen LogP contribution in [0.5, 0.6) is 0 Å². The summed E-state index contributed by atoms with van der Waals surface area (Å²) in [4.78, 5) is 35.3. The second kappa shape index (κ2) is 9.52. The summed E-state index contributed by atoms with van der Waals surface area (Å²) in [5, 5.41) is 2.23. The minimum atomic E-state index is -0.750. The van der Waals surface area contributed by atoms with Crippen LogP contribution in [-0.2, 0) is 9.59 Å². The van der Waals surface area contributed by atoms with E-state index in [1.807, 2.05) is 0 Å². The van der Waals surface area contributed by atoms with Gasteiger partial charge in [0.15, 0.2) is 0 Å². The molecule has 0 saturated carbocycles. The Morgan fingerprint density at radius 2 is 1.46 bits per heavy atom. The van der Waals surface area contributed by atoms with Crippen molar-refractivity contribution < 1.29 is 23.2 Å². The lowest BCUT2D eigenvalue weighted by molar-refractivity contribution is -0.127. The Kier molecular flexibility index (Phi) is 7.10. The highest BCUT2D eigenvalue weighted by atomic mass is 32.2. The SMILES string of the molecule is O=C(CNC(=O)c1ccccc1F)NNC(=O)CSc1ccccc1F. The van der Waals surface area contributed by atoms with Gasteiger partial charge >= 0.3 is 0 Å². The third-order valence-electron chi connectivity index (χ3n) is 3.06. The quantitative estimate of drug-likeness (QED) is 0.526. The van der Waals surface area contributed by atoms with Crippen molar-refractivity contribution in [2.75, 3.05) is 12.3 Å². The van der Waals surface area contributed by atoms with Crippen molar-refractivity contribution in [3.63, 3.8) is 0 Å². The van der Waals surface area contributed by atoms with Crippen molar-refractivity contribution in [3.8, 4) is 0 Å². The van der Waals surface area contributed by atoms with Crippen LogP contribution in [0.25, 0.3) is 0 Å². The van der Waals surface area contributed by atoms with E-state index in [0.29, 0.717) is 4.90 Å². The Hall–Kier alpha value is -2.94. The van der Waals surface area contributed by atoms with Gasteiger partial charge in [-0.15, -0.1) is 11.8 Å². The third-order valence-corrected chi connectivity index (χ3v) is 4.11. The molecule has 6 nitrogen and oxygen atoms in total. The van der Waals surface area contributed by atoms with Gasteiger partial charge < -0.3 is 5.32 Å². The fraction of sp³-hybridized carbons (Fsp3) is 0.118. The monoisotopic (exact) mass is 379 g/mol. The predicted molar refractivity (Wildman–Crippen MR) is 92.1 cm³/mol. The van der Waals surface area contributed by atoms with Crippen LogP contribution in [0.15, 0.2) is 53.4 Å². The number of carbonyl (C=O) groups is 3. The lowest BCUT2D eigenvalue weighted by Gasteiger charge is -2.09. The van der Waals surface area contributed by atoms with E-state index in [-0.39, 0.29) is 11.3 Å². The van der Waals surface area contributed by atoms with Crippen molar-refractivity contribution in [2.24, 2.45) is 0 Å². The maximum Gasteiger partial charge on any atom is 0.257 e. The molecule has 0 atom stereocenters. The predicted octanol–water partition coefficient (Wildman–Crippen LogP) is 1.63. The zero-order chi connectivity index (χ0) is 18.9. The molecule has 136 valence electrons. The van der Waals surface area contributed by atoms with Crippen LogP contribution in [0.4, 0.5) is 8.78 Å². The molecular weight excluding hydrogens is 364 g/mol. The number of hydrogen-bond acceptors (Lipinski definition) is 4. The van der Waals surface area contributed by atoms with Gasteiger partial charge in [-0.1, -0.05) is 24.3 Å². The molecule has 0 aliphatic heterocycles. The number of carbonyl (C=O) groups excluding carboxylic acids is 3. The average molecular weight is 379 g/mol. The van der Waals surface area contributed by atoms with Gasteiger partial charge in [0.1, 0.15) is 11.6 Å². The van der Waals surface area contributed by atoms with E-state index in [2.05, 4.69) is 16.2 Å². The highest BCUT2D eigenvalue weighted by Gasteiger charge is 2.12. The van der Waals surface area contributed by atoms with E-state index < -0.39 is 35.9 Å². The summed E-state index contributed by atoms with van der Waals surface area (Å²) in [6.45, 7) is -0.450. The van der Waals surface area contributed by atoms with Crippen LogP contribution in [-0.4, -0.2) is 30.0 Å². The summed E-state index contributed by atoms with van der Waals surface area (Å²) in [5.74, 6) is -3.25. The van der Waals surface area contributed by atoms with Crippen molar-refractivity contribution in [1.82, 2.24) is 16.2 Å². The highest BCUT2D eigenvalue weighted by molar-refractivity contribution is 8.00. The molecule has 3 N–H and O–H groups in total. The first kappa shape index (κ1) is 19.4. The highest BCUT2D eigenvalue weighted by Crippen LogP contribution is 2.20. The first-order chi connectivity index (χ1) is 12.5. The van der Waals surface area contributed by atoms with Gasteiger partial charge in [0, 0.05) is 4.90 Å². The zero-order valence-electron chi connectivity index (χ0n) is 13.4. The number of nitrogens with one attached hydrogen (secondary N) is 3. The molecule has 9 heteroatoms. The van der Waals surface area contributed by atoms with Crippen LogP contribution in [0, 0.1) is 11.6 Å². The van der Waals surface area contributed by atoms with E-state index >= 15 is 0 Å². The van der Waals surface area contributed by atoms with Crippen LogP contribution in [0.1, 0.15) is 10.4 Å². The first-order valence-corrected chi connectivity index (χ1v) is 8.43. The van der Waals surface area contributed by atoms with Crippen LogP contribution >= 0.6 is 11.8 Å². The number of amides is 3. The second-order valence-corrected chi connectivity index (χ2v) is 6.00. The Bertz CT molecular complexity index is 817. The van der Waals surface area contributed by atoms with Crippen molar-refractivity contribution in [3.05, 3.63) is 65.7 Å². The van der Waals surface area contributed by atoms with Crippen LogP contribution < -0.4 is 16.2 Å². The molecule has 0 unspecified atom stereocenters. The maximum absolute atomic E-state index is 13.4. The summed E-state index contributed by atoms with van der Waals surface area (Å²) >= 11 is 0.974. The van der Waals surface area contributed by atoms with E-state index in [9.17, 15) is 23.2 Å². The first-order valence-electron chi connectivity index (χ1n) is 7.45. The van der Waals surface area contributed by atoms with Crippen molar-refractivity contribution in [1.29, 1.82) is 0 Å². The van der Waals surface area contributed by atoms with Crippen molar-refractivity contribution >= 4 is 29.5 Å². The fourth-order valence-electron chi connectivity index (χ4n) is 1.83. The topological polar surface area (TPSA) is 87.3 Å². The molecule has 2 aromatic rings. The van der Waals surface area contributed by atoms with Gasteiger partial charge in [-0.3, -0.25) is 25.2 Å². The molecule has 0 radical (unpaired) electrons. The van der Waals surface area contributed by atoms with Gasteiger partial charge in [-0.2, -0.15) is 0 Å². The average Bonchev–Trinajstić information content (AvgIpc) is 2.64. The normalized spacial score (nSPS) is 10.1. The lowest BCUT2D eigenvalue weighted by atomic mass is 10.2. The smallest absolute Gasteiger partial charge is 0.257 e. The Balaban J connectivity index is 1.70. The summed E-state index contributed by atoms with van der Waals surface area (Å²) in [6, 6.07) is 11.3. The molecule has 26 heavy (non-hydrogen) atoms. The number of benzene rings is 2. The number of hydrazine groups is 1. The maximum atomic E-state index is 13.4. The minimum Gasteiger partial charge on any atom is -0.343 e. The van der Waals surface area contributed by atoms with E-state index in [4.69, 9.17) is 0 Å². The molecule has 3 amide bonds. The molecule has 0 spiro atoms. The standard InChI is InChI=1S/C17H15F2N3O3S/c18-12-6-2-1-5-11(12)17(25)20-9-15(23)21-22-16(24)10-26-14-8-4-3-7-13(14)19/h1-8H,9-10H2,(H,20,25)(H,21,23)(H,22,24). The molecule has 0 bridgehead atoms. The Morgan fingerprint density at radius 3 is 2.15 bits per heavy atom. The zero-order valence-corrected chi connectivity index (χ0v) is 14.2. The molecule has 0 aliphatic carbocycles. The summed E-state index contributed by atoms with van der Waals surface area (Å²) < 4.78 is 26.8. The second-order valence-electron chi connectivity index (χ2n) is 4.98. The van der Waals surface area contributed by atoms with E-state index in [1.54, 1.807) is 6.07 Å². The third kappa shape index (κ3) is 5.85. The molecule has 0 aromatic heterocycles. The van der Waals surface area contributed by atoms with Crippen LogP contribution in [0.3, 0.4) is 0 Å².